The number of hydrogen-bond acceptors (Lipinski definition) is 0. The number of unbranched alkanes of at least 4 members (excludes halogenated alkanes) is 2. The van der Waals surface area contributed by atoms with Crippen molar-refractivity contribution in [3.8, 4) is 0 Å². The monoisotopic (exact) mass is 360 g/mol. The van der Waals surface area contributed by atoms with Crippen LogP contribution in [0.25, 0.3) is 0 Å². The van der Waals surface area contributed by atoms with Crippen molar-refractivity contribution in [3.05, 3.63) is 0 Å². The van der Waals surface area contributed by atoms with Gasteiger partial charge in [0.05, 0.1) is 0 Å². The number of rotatable bonds is 14. The van der Waals surface area contributed by atoms with Crippen LogP contribution in [-0.2, 0) is 0 Å². The second kappa shape index (κ2) is 14.1. The Morgan fingerprint density at radius 1 is 0.435 bits per heavy atom. The van der Waals surface area contributed by atoms with Gasteiger partial charge in [0.2, 0.25) is 0 Å². The molecule has 0 radical (unpaired) electrons. The third kappa shape index (κ3) is 16.1. The normalized spacial score (nSPS) is 12.8. The molecule has 0 aromatic heterocycles. The topological polar surface area (TPSA) is 0 Å². The minimum atomic E-state index is 0.306. The van der Waals surface area contributed by atoms with Crippen molar-refractivity contribution in [2.75, 3.05) is 37.0 Å². The Morgan fingerprint density at radius 3 is 0.913 bits per heavy atom. The molecule has 0 saturated carbocycles. The van der Waals surface area contributed by atoms with E-state index >= 15 is 0 Å². The van der Waals surface area contributed by atoms with E-state index in [9.17, 15) is 0 Å². The van der Waals surface area contributed by atoms with Crippen molar-refractivity contribution in [1.82, 2.24) is 0 Å². The summed E-state index contributed by atoms with van der Waals surface area (Å²) in [4.78, 5) is 0. The minimum absolute atomic E-state index is 0.306. The Labute approximate surface area is 151 Å². The van der Waals surface area contributed by atoms with Crippen LogP contribution in [0.2, 0.25) is 0 Å². The van der Waals surface area contributed by atoms with Crippen LogP contribution in [-0.4, -0.2) is 37.0 Å². The molecule has 0 nitrogen and oxygen atoms in total. The van der Waals surface area contributed by atoms with Gasteiger partial charge in [0, 0.05) is 0 Å². The predicted molar refractivity (Wildman–Crippen MR) is 116 cm³/mol. The standard InChI is InChI=1S/C21H46P2/c1-18(2)14-22(15-19(3)4)12-10-9-11-13-23(16-20(5)6)17-21(7)8/h18-21H,9-17H2,1-8H3. The summed E-state index contributed by atoms with van der Waals surface area (Å²) < 4.78 is 0. The average molecular weight is 361 g/mol. The molecule has 0 saturated heterocycles. The summed E-state index contributed by atoms with van der Waals surface area (Å²) in [6.07, 6.45) is 13.6. The van der Waals surface area contributed by atoms with Gasteiger partial charge in [0.15, 0.2) is 0 Å². The van der Waals surface area contributed by atoms with Gasteiger partial charge in [-0.3, -0.25) is 0 Å². The zero-order chi connectivity index (χ0) is 17.8. The number of hydrogen-bond donors (Lipinski definition) is 0. The second-order valence-corrected chi connectivity index (χ2v) is 14.2. The third-order valence-electron chi connectivity index (χ3n) is 3.94. The van der Waals surface area contributed by atoms with Crippen molar-refractivity contribution >= 4 is 15.8 Å². The van der Waals surface area contributed by atoms with Crippen molar-refractivity contribution in [2.24, 2.45) is 23.7 Å². The lowest BCUT2D eigenvalue weighted by Gasteiger charge is -2.23. The van der Waals surface area contributed by atoms with Gasteiger partial charge in [-0.25, -0.2) is 0 Å². The molecule has 0 spiro atoms. The van der Waals surface area contributed by atoms with Crippen LogP contribution in [0.3, 0.4) is 0 Å². The summed E-state index contributed by atoms with van der Waals surface area (Å²) in [5, 5.41) is 0. The van der Waals surface area contributed by atoms with E-state index in [0.29, 0.717) is 15.8 Å². The molecule has 0 aliphatic carbocycles. The fourth-order valence-corrected chi connectivity index (χ4v) is 9.93. The average Bonchev–Trinajstić information content (AvgIpc) is 2.34. The molecule has 0 N–H and O–H groups in total. The molecule has 0 aliphatic rings. The third-order valence-corrected chi connectivity index (χ3v) is 10.8. The van der Waals surface area contributed by atoms with E-state index in [1.165, 1.54) is 56.2 Å². The first-order chi connectivity index (χ1) is 10.7. The first-order valence-electron chi connectivity index (χ1n) is 10.1. The lowest BCUT2D eigenvalue weighted by molar-refractivity contribution is 0.704. The van der Waals surface area contributed by atoms with Crippen molar-refractivity contribution in [1.29, 1.82) is 0 Å². The van der Waals surface area contributed by atoms with Crippen molar-refractivity contribution < 1.29 is 0 Å². The van der Waals surface area contributed by atoms with Crippen LogP contribution in [0, 0.1) is 23.7 Å². The van der Waals surface area contributed by atoms with Crippen molar-refractivity contribution in [2.45, 2.75) is 74.7 Å². The zero-order valence-electron chi connectivity index (χ0n) is 17.6. The predicted octanol–water partition coefficient (Wildman–Crippen LogP) is 7.74. The lowest BCUT2D eigenvalue weighted by atomic mass is 10.3. The summed E-state index contributed by atoms with van der Waals surface area (Å²) in [6, 6.07) is 0. The van der Waals surface area contributed by atoms with Gasteiger partial charge < -0.3 is 0 Å². The Balaban J connectivity index is 4.00. The molecule has 0 aliphatic heterocycles. The summed E-state index contributed by atoms with van der Waals surface area (Å²) in [5.74, 6) is 3.57. The highest BCUT2D eigenvalue weighted by Crippen LogP contribution is 2.42. The molecule has 2 heteroatoms. The quantitative estimate of drug-likeness (QED) is 0.219. The van der Waals surface area contributed by atoms with Crippen LogP contribution < -0.4 is 0 Å². The lowest BCUT2D eigenvalue weighted by Crippen LogP contribution is -2.06. The second-order valence-electron chi connectivity index (χ2n) is 9.16. The molecule has 0 fully saturated rings. The Bertz CT molecular complexity index is 213. The Morgan fingerprint density at radius 2 is 0.696 bits per heavy atom. The molecular weight excluding hydrogens is 314 g/mol. The van der Waals surface area contributed by atoms with E-state index in [-0.39, 0.29) is 0 Å². The molecule has 0 atom stereocenters. The van der Waals surface area contributed by atoms with Gasteiger partial charge in [-0.1, -0.05) is 61.8 Å². The zero-order valence-corrected chi connectivity index (χ0v) is 19.4. The van der Waals surface area contributed by atoms with E-state index in [1.807, 2.05) is 0 Å². The van der Waals surface area contributed by atoms with Crippen LogP contribution in [0.15, 0.2) is 0 Å². The van der Waals surface area contributed by atoms with Crippen LogP contribution in [0.4, 0.5) is 0 Å². The highest BCUT2D eigenvalue weighted by molar-refractivity contribution is 7.57. The van der Waals surface area contributed by atoms with Gasteiger partial charge in [0.25, 0.3) is 0 Å². The fraction of sp³-hybridized carbons (Fsp3) is 1.00. The maximum atomic E-state index is 2.40. The van der Waals surface area contributed by atoms with E-state index in [0.717, 1.165) is 23.7 Å². The van der Waals surface area contributed by atoms with Crippen LogP contribution in [0.5, 0.6) is 0 Å². The van der Waals surface area contributed by atoms with Crippen LogP contribution in [0.1, 0.15) is 74.7 Å². The van der Waals surface area contributed by atoms with E-state index in [4.69, 9.17) is 0 Å². The fourth-order valence-electron chi connectivity index (χ4n) is 3.43. The molecule has 23 heavy (non-hydrogen) atoms. The molecule has 0 rings (SSSR count). The maximum absolute atomic E-state index is 2.40. The summed E-state index contributed by atoms with van der Waals surface area (Å²) >= 11 is 0. The van der Waals surface area contributed by atoms with Crippen LogP contribution >= 0.6 is 15.8 Å². The molecule has 0 aromatic rings. The SMILES string of the molecule is CC(C)CP(CCCCCP(CC(C)C)CC(C)C)CC(C)C. The summed E-state index contributed by atoms with van der Waals surface area (Å²) in [5.41, 5.74) is 0. The van der Waals surface area contributed by atoms with E-state index < -0.39 is 0 Å². The summed E-state index contributed by atoms with van der Waals surface area (Å²) in [6.45, 7) is 19.2. The molecule has 0 heterocycles. The molecule has 0 bridgehead atoms. The van der Waals surface area contributed by atoms with Gasteiger partial charge >= 0.3 is 0 Å². The first-order valence-corrected chi connectivity index (χ1v) is 13.9. The van der Waals surface area contributed by atoms with Gasteiger partial charge in [-0.2, -0.15) is 0 Å². The van der Waals surface area contributed by atoms with Gasteiger partial charge in [-0.15, -0.1) is 15.8 Å². The van der Waals surface area contributed by atoms with E-state index in [1.54, 1.807) is 0 Å². The van der Waals surface area contributed by atoms with Gasteiger partial charge in [-0.05, 0) is 73.5 Å². The maximum Gasteiger partial charge on any atom is -0.0303 e. The Kier molecular flexibility index (Phi) is 14.6. The first kappa shape index (κ1) is 23.9. The molecular formula is C21H46P2. The molecule has 0 aromatic carbocycles. The smallest absolute Gasteiger partial charge is 0.0303 e. The molecule has 140 valence electrons. The van der Waals surface area contributed by atoms with Crippen molar-refractivity contribution in [3.63, 3.8) is 0 Å². The summed E-state index contributed by atoms with van der Waals surface area (Å²) in [7, 11) is 0.612. The Hall–Kier alpha value is 0.860. The molecule has 0 unspecified atom stereocenters. The molecule has 0 amide bonds. The highest BCUT2D eigenvalue weighted by atomic mass is 31.1. The minimum Gasteiger partial charge on any atom is -0.106 e. The van der Waals surface area contributed by atoms with E-state index in [2.05, 4.69) is 55.4 Å². The van der Waals surface area contributed by atoms with Gasteiger partial charge in [0.1, 0.15) is 0 Å². The largest absolute Gasteiger partial charge is 0.106 e. The highest BCUT2D eigenvalue weighted by Gasteiger charge is 2.14.